The first-order valence-electron chi connectivity index (χ1n) is 5.16. The van der Waals surface area contributed by atoms with Crippen LogP contribution in [0.4, 0.5) is 4.39 Å². The van der Waals surface area contributed by atoms with E-state index in [9.17, 15) is 9.18 Å². The van der Waals surface area contributed by atoms with Gasteiger partial charge in [0.15, 0.2) is 0 Å². The number of halogens is 2. The number of methoxy groups -OCH3 is 1. The second-order valence-corrected chi connectivity index (χ2v) is 5.17. The highest BCUT2D eigenvalue weighted by molar-refractivity contribution is 14.1. The van der Waals surface area contributed by atoms with Crippen molar-refractivity contribution in [1.82, 2.24) is 0 Å². The molecule has 0 amide bonds. The fraction of sp³-hybridized carbons (Fsp3) is 0.417. The summed E-state index contributed by atoms with van der Waals surface area (Å²) in [6.07, 6.45) is 2.04. The van der Waals surface area contributed by atoms with Crippen molar-refractivity contribution in [2.75, 3.05) is 7.11 Å². The van der Waals surface area contributed by atoms with Gasteiger partial charge in [-0.15, -0.1) is 0 Å². The normalized spacial score (nSPS) is 16.9. The number of carbonyl (C=O) groups is 1. The Labute approximate surface area is 107 Å². The zero-order chi connectivity index (χ0) is 11.7. The van der Waals surface area contributed by atoms with Crippen molar-refractivity contribution < 1.29 is 13.9 Å². The molecule has 1 aliphatic carbocycles. The van der Waals surface area contributed by atoms with Crippen LogP contribution in [0.5, 0.6) is 0 Å². The van der Waals surface area contributed by atoms with E-state index in [1.807, 2.05) is 28.7 Å². The summed E-state index contributed by atoms with van der Waals surface area (Å²) in [5, 5.41) is 0. The van der Waals surface area contributed by atoms with Gasteiger partial charge in [-0.2, -0.15) is 0 Å². The Hall–Kier alpha value is -0.650. The van der Waals surface area contributed by atoms with Crippen LogP contribution in [0.1, 0.15) is 24.3 Å². The van der Waals surface area contributed by atoms with E-state index >= 15 is 0 Å². The molecular weight excluding hydrogens is 322 g/mol. The van der Waals surface area contributed by atoms with Crippen molar-refractivity contribution in [3.05, 3.63) is 33.1 Å². The monoisotopic (exact) mass is 334 g/mol. The molecule has 0 bridgehead atoms. The molecule has 86 valence electrons. The van der Waals surface area contributed by atoms with Crippen molar-refractivity contribution in [3.63, 3.8) is 0 Å². The highest BCUT2D eigenvalue weighted by atomic mass is 127. The number of hydrogen-bond donors (Lipinski definition) is 0. The van der Waals surface area contributed by atoms with Gasteiger partial charge in [0.25, 0.3) is 0 Å². The van der Waals surface area contributed by atoms with Gasteiger partial charge in [0.2, 0.25) is 0 Å². The lowest BCUT2D eigenvalue weighted by molar-refractivity contribution is -0.143. The average molecular weight is 334 g/mol. The van der Waals surface area contributed by atoms with Gasteiger partial charge in [-0.25, -0.2) is 4.39 Å². The van der Waals surface area contributed by atoms with Crippen molar-refractivity contribution in [2.45, 2.75) is 18.8 Å². The van der Waals surface area contributed by atoms with Crippen LogP contribution in [0.2, 0.25) is 0 Å². The molecule has 0 spiro atoms. The molecule has 1 atom stereocenters. The van der Waals surface area contributed by atoms with E-state index in [1.54, 1.807) is 6.07 Å². The predicted octanol–water partition coefficient (Wildman–Crippen LogP) is 3.10. The van der Waals surface area contributed by atoms with Crippen molar-refractivity contribution in [3.8, 4) is 0 Å². The Morgan fingerprint density at radius 3 is 2.75 bits per heavy atom. The van der Waals surface area contributed by atoms with Crippen LogP contribution in [-0.4, -0.2) is 13.1 Å². The van der Waals surface area contributed by atoms with E-state index in [0.717, 1.165) is 18.4 Å². The first-order chi connectivity index (χ1) is 7.63. The van der Waals surface area contributed by atoms with Crippen LogP contribution in [0.15, 0.2) is 18.2 Å². The van der Waals surface area contributed by atoms with Gasteiger partial charge in [0, 0.05) is 3.57 Å². The zero-order valence-electron chi connectivity index (χ0n) is 8.87. The topological polar surface area (TPSA) is 26.3 Å². The Bertz CT molecular complexity index is 415. The molecule has 0 radical (unpaired) electrons. The Kier molecular flexibility index (Phi) is 3.47. The third-order valence-corrected chi connectivity index (χ3v) is 3.73. The van der Waals surface area contributed by atoms with Crippen LogP contribution < -0.4 is 0 Å². The molecule has 0 heterocycles. The van der Waals surface area contributed by atoms with Gasteiger partial charge >= 0.3 is 5.97 Å². The molecule has 0 saturated heterocycles. The number of benzene rings is 1. The minimum Gasteiger partial charge on any atom is -0.469 e. The minimum absolute atomic E-state index is 0.261. The van der Waals surface area contributed by atoms with Gasteiger partial charge in [-0.1, -0.05) is 6.07 Å². The summed E-state index contributed by atoms with van der Waals surface area (Å²) in [6.45, 7) is 0. The predicted molar refractivity (Wildman–Crippen MR) is 66.6 cm³/mol. The van der Waals surface area contributed by atoms with Gasteiger partial charge < -0.3 is 4.74 Å². The molecule has 0 aromatic heterocycles. The fourth-order valence-corrected chi connectivity index (χ4v) is 2.20. The Balaban J connectivity index is 2.31. The molecule has 1 fully saturated rings. The van der Waals surface area contributed by atoms with E-state index < -0.39 is 0 Å². The standard InChI is InChI=1S/C12H12FIO2/c1-16-12(15)11(7-2-3-7)8-4-5-10(14)9(13)6-8/h4-7,11H,2-3H2,1H3. The zero-order valence-corrected chi connectivity index (χ0v) is 11.0. The highest BCUT2D eigenvalue weighted by Gasteiger charge is 2.38. The summed E-state index contributed by atoms with van der Waals surface area (Å²) < 4.78 is 18.8. The van der Waals surface area contributed by atoms with E-state index in [-0.39, 0.29) is 17.7 Å². The van der Waals surface area contributed by atoms with Gasteiger partial charge in [0.05, 0.1) is 13.0 Å². The highest BCUT2D eigenvalue weighted by Crippen LogP contribution is 2.43. The first-order valence-corrected chi connectivity index (χ1v) is 6.24. The molecule has 1 aromatic rings. The van der Waals surface area contributed by atoms with Gasteiger partial charge in [-0.05, 0) is 59.0 Å². The molecule has 0 aliphatic heterocycles. The number of esters is 1. The van der Waals surface area contributed by atoms with Gasteiger partial charge in [-0.3, -0.25) is 4.79 Å². The SMILES string of the molecule is COC(=O)C(c1ccc(I)c(F)c1)C1CC1. The number of ether oxygens (including phenoxy) is 1. The molecule has 2 rings (SSSR count). The summed E-state index contributed by atoms with van der Waals surface area (Å²) in [6, 6.07) is 4.95. The lowest BCUT2D eigenvalue weighted by atomic mass is 9.94. The molecule has 1 aliphatic rings. The maximum Gasteiger partial charge on any atom is 0.313 e. The third-order valence-electron chi connectivity index (χ3n) is 2.85. The summed E-state index contributed by atoms with van der Waals surface area (Å²) in [5.74, 6) is -0.501. The number of rotatable bonds is 3. The van der Waals surface area contributed by atoms with Crippen LogP contribution in [0.3, 0.4) is 0 Å². The fourth-order valence-electron chi connectivity index (χ4n) is 1.86. The molecule has 1 unspecified atom stereocenters. The summed E-state index contributed by atoms with van der Waals surface area (Å²) in [5.41, 5.74) is 0.729. The Morgan fingerprint density at radius 1 is 1.56 bits per heavy atom. The van der Waals surface area contributed by atoms with Crippen LogP contribution in [0, 0.1) is 15.3 Å². The van der Waals surface area contributed by atoms with Crippen molar-refractivity contribution in [2.24, 2.45) is 5.92 Å². The van der Waals surface area contributed by atoms with Crippen molar-refractivity contribution in [1.29, 1.82) is 0 Å². The maximum atomic E-state index is 13.4. The number of carbonyl (C=O) groups excluding carboxylic acids is 1. The molecule has 4 heteroatoms. The molecular formula is C12H12FIO2. The van der Waals surface area contributed by atoms with Crippen molar-refractivity contribution >= 4 is 28.6 Å². The molecule has 16 heavy (non-hydrogen) atoms. The van der Waals surface area contributed by atoms with Crippen LogP contribution >= 0.6 is 22.6 Å². The lowest BCUT2D eigenvalue weighted by Crippen LogP contribution is -2.16. The molecule has 0 N–H and O–H groups in total. The minimum atomic E-state index is -0.295. The molecule has 1 saturated carbocycles. The smallest absolute Gasteiger partial charge is 0.313 e. The third kappa shape index (κ3) is 2.36. The second-order valence-electron chi connectivity index (χ2n) is 4.01. The molecule has 2 nitrogen and oxygen atoms in total. The summed E-state index contributed by atoms with van der Waals surface area (Å²) in [4.78, 5) is 11.6. The van der Waals surface area contributed by atoms with E-state index in [4.69, 9.17) is 4.74 Å². The second kappa shape index (κ2) is 4.69. The maximum absolute atomic E-state index is 13.4. The van der Waals surface area contributed by atoms with E-state index in [1.165, 1.54) is 13.2 Å². The Morgan fingerprint density at radius 2 is 2.25 bits per heavy atom. The quantitative estimate of drug-likeness (QED) is 0.627. The van der Waals surface area contributed by atoms with Crippen LogP contribution in [0.25, 0.3) is 0 Å². The van der Waals surface area contributed by atoms with Crippen LogP contribution in [-0.2, 0) is 9.53 Å². The number of hydrogen-bond acceptors (Lipinski definition) is 2. The lowest BCUT2D eigenvalue weighted by Gasteiger charge is -2.14. The average Bonchev–Trinajstić information content (AvgIpc) is 3.07. The summed E-state index contributed by atoms with van der Waals surface area (Å²) in [7, 11) is 1.38. The van der Waals surface area contributed by atoms with Gasteiger partial charge in [0.1, 0.15) is 5.82 Å². The molecule has 1 aromatic carbocycles. The summed E-state index contributed by atoms with van der Waals surface area (Å²) >= 11 is 1.93. The van der Waals surface area contributed by atoms with E-state index in [0.29, 0.717) is 9.49 Å². The van der Waals surface area contributed by atoms with E-state index in [2.05, 4.69) is 0 Å². The largest absolute Gasteiger partial charge is 0.469 e. The first kappa shape index (κ1) is 11.8.